The van der Waals surface area contributed by atoms with Crippen LogP contribution in [-0.4, -0.2) is 12.6 Å². The summed E-state index contributed by atoms with van der Waals surface area (Å²) in [4.78, 5) is 0. The van der Waals surface area contributed by atoms with Crippen LogP contribution < -0.4 is 5.32 Å². The molecule has 1 heteroatoms. The van der Waals surface area contributed by atoms with Crippen molar-refractivity contribution in [3.63, 3.8) is 0 Å². The minimum absolute atomic E-state index is 0.625. The highest BCUT2D eigenvalue weighted by Gasteiger charge is 2.18. The van der Waals surface area contributed by atoms with Gasteiger partial charge in [0.15, 0.2) is 0 Å². The molecule has 1 unspecified atom stereocenters. The number of hydrogen-bond donors (Lipinski definition) is 1. The molecule has 0 amide bonds. The lowest BCUT2D eigenvalue weighted by Gasteiger charge is -2.11. The Morgan fingerprint density at radius 2 is 2.12 bits per heavy atom. The van der Waals surface area contributed by atoms with E-state index in [-0.39, 0.29) is 0 Å². The SMILES string of the molecule is CCCCC1NCC/C1=C\c1ccccc1. The maximum atomic E-state index is 3.59. The van der Waals surface area contributed by atoms with Crippen LogP contribution in [0.3, 0.4) is 0 Å². The Labute approximate surface area is 98.6 Å². The molecule has 1 fully saturated rings. The third-order valence-corrected chi connectivity index (χ3v) is 3.25. The van der Waals surface area contributed by atoms with Crippen LogP contribution in [0.2, 0.25) is 0 Å². The first kappa shape index (κ1) is 11.4. The molecule has 0 bridgehead atoms. The quantitative estimate of drug-likeness (QED) is 0.809. The first-order valence-corrected chi connectivity index (χ1v) is 6.39. The van der Waals surface area contributed by atoms with Gasteiger partial charge in [-0.3, -0.25) is 0 Å². The van der Waals surface area contributed by atoms with Crippen LogP contribution in [0.1, 0.15) is 38.2 Å². The van der Waals surface area contributed by atoms with E-state index in [0.29, 0.717) is 6.04 Å². The molecule has 2 rings (SSSR count). The third kappa shape index (κ3) is 2.96. The smallest absolute Gasteiger partial charge is 0.0283 e. The molecule has 1 aromatic carbocycles. The van der Waals surface area contributed by atoms with E-state index in [1.807, 2.05) is 0 Å². The lowest BCUT2D eigenvalue weighted by atomic mass is 10.0. The summed E-state index contributed by atoms with van der Waals surface area (Å²) in [6.07, 6.45) is 7.47. The molecule has 1 atom stereocenters. The van der Waals surface area contributed by atoms with Gasteiger partial charge in [-0.2, -0.15) is 0 Å². The third-order valence-electron chi connectivity index (χ3n) is 3.25. The van der Waals surface area contributed by atoms with Gasteiger partial charge < -0.3 is 5.32 Å². The molecule has 1 heterocycles. The van der Waals surface area contributed by atoms with Crippen LogP contribution in [0.4, 0.5) is 0 Å². The summed E-state index contributed by atoms with van der Waals surface area (Å²) >= 11 is 0. The average Bonchev–Trinajstić information content (AvgIpc) is 2.75. The fourth-order valence-electron chi connectivity index (χ4n) is 2.33. The van der Waals surface area contributed by atoms with E-state index in [0.717, 1.165) is 6.54 Å². The van der Waals surface area contributed by atoms with Crippen molar-refractivity contribution in [1.82, 2.24) is 5.32 Å². The highest BCUT2D eigenvalue weighted by atomic mass is 14.9. The lowest BCUT2D eigenvalue weighted by Crippen LogP contribution is -2.22. The van der Waals surface area contributed by atoms with E-state index >= 15 is 0 Å². The van der Waals surface area contributed by atoms with Crippen molar-refractivity contribution >= 4 is 6.08 Å². The molecule has 0 radical (unpaired) electrons. The van der Waals surface area contributed by atoms with Crippen LogP contribution >= 0.6 is 0 Å². The monoisotopic (exact) mass is 215 g/mol. The second-order valence-corrected chi connectivity index (χ2v) is 4.53. The lowest BCUT2D eigenvalue weighted by molar-refractivity contribution is 0.580. The van der Waals surface area contributed by atoms with Crippen LogP contribution in [0.15, 0.2) is 35.9 Å². The topological polar surface area (TPSA) is 12.0 Å². The zero-order chi connectivity index (χ0) is 11.2. The van der Waals surface area contributed by atoms with Crippen molar-refractivity contribution in [2.45, 2.75) is 38.6 Å². The molecule has 1 aliphatic heterocycles. The molecule has 1 N–H and O–H groups in total. The maximum Gasteiger partial charge on any atom is 0.0283 e. The molecule has 1 aromatic rings. The second kappa shape index (κ2) is 5.86. The molecular weight excluding hydrogens is 194 g/mol. The van der Waals surface area contributed by atoms with Gasteiger partial charge in [0.2, 0.25) is 0 Å². The molecule has 0 aliphatic carbocycles. The summed E-state index contributed by atoms with van der Waals surface area (Å²) in [5.74, 6) is 0. The van der Waals surface area contributed by atoms with Crippen LogP contribution in [0.25, 0.3) is 6.08 Å². The molecule has 1 nitrogen and oxygen atoms in total. The van der Waals surface area contributed by atoms with Gasteiger partial charge in [0.05, 0.1) is 0 Å². The van der Waals surface area contributed by atoms with Gasteiger partial charge in [-0.25, -0.2) is 0 Å². The number of unbranched alkanes of at least 4 members (excludes halogenated alkanes) is 1. The molecule has 0 spiro atoms. The van der Waals surface area contributed by atoms with Gasteiger partial charge in [0.25, 0.3) is 0 Å². The van der Waals surface area contributed by atoms with Crippen molar-refractivity contribution in [3.05, 3.63) is 41.5 Å². The second-order valence-electron chi connectivity index (χ2n) is 4.53. The number of rotatable bonds is 4. The number of nitrogens with one attached hydrogen (secondary N) is 1. The van der Waals surface area contributed by atoms with Gasteiger partial charge >= 0.3 is 0 Å². The van der Waals surface area contributed by atoms with Crippen molar-refractivity contribution in [2.75, 3.05) is 6.54 Å². The standard InChI is InChI=1S/C15H21N/c1-2-3-9-15-14(10-11-16-15)12-13-7-5-4-6-8-13/h4-8,12,15-16H,2-3,9-11H2,1H3/b14-12+. The van der Waals surface area contributed by atoms with E-state index in [1.54, 1.807) is 5.57 Å². The first-order chi connectivity index (χ1) is 7.90. The molecule has 0 saturated carbocycles. The number of benzene rings is 1. The van der Waals surface area contributed by atoms with E-state index in [2.05, 4.69) is 48.6 Å². The molecule has 0 aromatic heterocycles. The zero-order valence-electron chi connectivity index (χ0n) is 10.1. The zero-order valence-corrected chi connectivity index (χ0v) is 10.1. The van der Waals surface area contributed by atoms with E-state index in [9.17, 15) is 0 Å². The van der Waals surface area contributed by atoms with Crippen molar-refractivity contribution < 1.29 is 0 Å². The van der Waals surface area contributed by atoms with Crippen molar-refractivity contribution in [1.29, 1.82) is 0 Å². The number of hydrogen-bond acceptors (Lipinski definition) is 1. The summed E-state index contributed by atoms with van der Waals surface area (Å²) < 4.78 is 0. The summed E-state index contributed by atoms with van der Waals surface area (Å²) in [5, 5.41) is 3.59. The average molecular weight is 215 g/mol. The highest BCUT2D eigenvalue weighted by molar-refractivity contribution is 5.54. The van der Waals surface area contributed by atoms with Gasteiger partial charge in [-0.05, 0) is 24.9 Å². The molecule has 86 valence electrons. The predicted molar refractivity (Wildman–Crippen MR) is 70.4 cm³/mol. The Balaban J connectivity index is 2.04. The predicted octanol–water partition coefficient (Wildman–Crippen LogP) is 3.62. The maximum absolute atomic E-state index is 3.59. The molecule has 16 heavy (non-hydrogen) atoms. The van der Waals surface area contributed by atoms with E-state index in [1.165, 1.54) is 31.2 Å². The first-order valence-electron chi connectivity index (χ1n) is 6.39. The van der Waals surface area contributed by atoms with E-state index < -0.39 is 0 Å². The Morgan fingerprint density at radius 3 is 2.88 bits per heavy atom. The van der Waals surface area contributed by atoms with Gasteiger partial charge in [-0.15, -0.1) is 0 Å². The fraction of sp³-hybridized carbons (Fsp3) is 0.467. The summed E-state index contributed by atoms with van der Waals surface area (Å²) in [6.45, 7) is 3.41. The highest BCUT2D eigenvalue weighted by Crippen LogP contribution is 2.21. The van der Waals surface area contributed by atoms with Gasteiger partial charge in [-0.1, -0.05) is 61.7 Å². The summed E-state index contributed by atoms with van der Waals surface area (Å²) in [5.41, 5.74) is 2.92. The fourth-order valence-corrected chi connectivity index (χ4v) is 2.33. The van der Waals surface area contributed by atoms with Gasteiger partial charge in [0, 0.05) is 6.04 Å². The molecule has 1 aliphatic rings. The van der Waals surface area contributed by atoms with E-state index in [4.69, 9.17) is 0 Å². The van der Waals surface area contributed by atoms with Crippen LogP contribution in [0, 0.1) is 0 Å². The normalized spacial score (nSPS) is 22.8. The Hall–Kier alpha value is -1.08. The minimum atomic E-state index is 0.625. The molecular formula is C15H21N. The largest absolute Gasteiger partial charge is 0.310 e. The Bertz CT molecular complexity index is 340. The summed E-state index contributed by atoms with van der Waals surface area (Å²) in [6, 6.07) is 11.3. The van der Waals surface area contributed by atoms with Crippen LogP contribution in [-0.2, 0) is 0 Å². The minimum Gasteiger partial charge on any atom is -0.310 e. The Morgan fingerprint density at radius 1 is 1.31 bits per heavy atom. The van der Waals surface area contributed by atoms with Crippen LogP contribution in [0.5, 0.6) is 0 Å². The van der Waals surface area contributed by atoms with Crippen molar-refractivity contribution in [2.24, 2.45) is 0 Å². The van der Waals surface area contributed by atoms with Crippen molar-refractivity contribution in [3.8, 4) is 0 Å². The van der Waals surface area contributed by atoms with Gasteiger partial charge in [0.1, 0.15) is 0 Å². The molecule has 1 saturated heterocycles. The summed E-state index contributed by atoms with van der Waals surface area (Å²) in [7, 11) is 0. The Kier molecular flexibility index (Phi) is 4.17.